The van der Waals surface area contributed by atoms with Gasteiger partial charge in [-0.15, -0.1) is 0 Å². The van der Waals surface area contributed by atoms with Crippen LogP contribution >= 0.6 is 11.8 Å². The van der Waals surface area contributed by atoms with Crippen molar-refractivity contribution >= 4 is 29.3 Å². The molecule has 1 aromatic heterocycles. The molecule has 152 valence electrons. The van der Waals surface area contributed by atoms with Crippen molar-refractivity contribution in [3.8, 4) is 0 Å². The third-order valence-electron chi connectivity index (χ3n) is 3.82. The molecule has 0 aliphatic rings. The summed E-state index contributed by atoms with van der Waals surface area (Å²) in [5.74, 6) is -0.653. The number of carbonyl (C=O) groups excluding carboxylic acids is 1. The van der Waals surface area contributed by atoms with Crippen LogP contribution in [0.15, 0.2) is 77.1 Å². The van der Waals surface area contributed by atoms with Gasteiger partial charge in [0.2, 0.25) is 0 Å². The molecule has 3 aromatic rings. The first-order valence-corrected chi connectivity index (χ1v) is 9.18. The van der Waals surface area contributed by atoms with Crippen LogP contribution in [0.2, 0.25) is 0 Å². The predicted molar refractivity (Wildman–Crippen MR) is 104 cm³/mol. The number of alkyl halides is 3. The smallest absolute Gasteiger partial charge is 0.289 e. The van der Waals surface area contributed by atoms with Gasteiger partial charge >= 0.3 is 6.18 Å². The van der Waals surface area contributed by atoms with Gasteiger partial charge in [-0.2, -0.15) is 13.2 Å². The second-order valence-electron chi connectivity index (χ2n) is 5.89. The summed E-state index contributed by atoms with van der Waals surface area (Å²) in [6.45, 7) is 0. The first-order chi connectivity index (χ1) is 14.2. The number of halogens is 3. The van der Waals surface area contributed by atoms with Crippen LogP contribution in [0.1, 0.15) is 21.5 Å². The summed E-state index contributed by atoms with van der Waals surface area (Å²) in [6.07, 6.45) is 0.844. The van der Waals surface area contributed by atoms with E-state index in [1.807, 2.05) is 0 Å². The van der Waals surface area contributed by atoms with Crippen LogP contribution in [0.25, 0.3) is 6.08 Å². The minimum Gasteiger partial charge on any atom is -0.289 e. The Balaban J connectivity index is 1.83. The van der Waals surface area contributed by atoms with Gasteiger partial charge in [-0.25, -0.2) is 9.97 Å². The molecule has 0 N–H and O–H groups in total. The predicted octanol–water partition coefficient (Wildman–Crippen LogP) is 5.45. The van der Waals surface area contributed by atoms with E-state index in [0.29, 0.717) is 15.6 Å². The van der Waals surface area contributed by atoms with Gasteiger partial charge in [0.25, 0.3) is 5.69 Å². The van der Waals surface area contributed by atoms with E-state index >= 15 is 0 Å². The van der Waals surface area contributed by atoms with Crippen molar-refractivity contribution in [1.29, 1.82) is 0 Å². The van der Waals surface area contributed by atoms with E-state index in [1.165, 1.54) is 36.7 Å². The minimum absolute atomic E-state index is 0.135. The van der Waals surface area contributed by atoms with Crippen molar-refractivity contribution in [1.82, 2.24) is 9.97 Å². The molecule has 0 amide bonds. The van der Waals surface area contributed by atoms with Crippen LogP contribution < -0.4 is 0 Å². The number of nitrogens with zero attached hydrogens (tertiary/aromatic N) is 3. The van der Waals surface area contributed by atoms with E-state index < -0.39 is 22.4 Å². The second kappa shape index (κ2) is 8.87. The summed E-state index contributed by atoms with van der Waals surface area (Å²) in [6, 6.07) is 9.97. The molecule has 0 bridgehead atoms. The lowest BCUT2D eigenvalue weighted by Crippen LogP contribution is -2.06. The summed E-state index contributed by atoms with van der Waals surface area (Å²) in [5, 5.41) is 11.7. The summed E-state index contributed by atoms with van der Waals surface area (Å²) in [7, 11) is 0. The van der Waals surface area contributed by atoms with Crippen molar-refractivity contribution in [2.75, 3.05) is 0 Å². The largest absolute Gasteiger partial charge is 0.416 e. The van der Waals surface area contributed by atoms with Crippen molar-refractivity contribution < 1.29 is 22.9 Å². The molecule has 0 atom stereocenters. The monoisotopic (exact) mass is 431 g/mol. The summed E-state index contributed by atoms with van der Waals surface area (Å²) in [4.78, 5) is 31.4. The molecule has 30 heavy (non-hydrogen) atoms. The lowest BCUT2D eigenvalue weighted by atomic mass is 10.1. The molecule has 0 aliphatic carbocycles. The van der Waals surface area contributed by atoms with Crippen LogP contribution in [0.3, 0.4) is 0 Å². The molecule has 10 heteroatoms. The highest BCUT2D eigenvalue weighted by Gasteiger charge is 2.30. The highest BCUT2D eigenvalue weighted by Crippen LogP contribution is 2.34. The van der Waals surface area contributed by atoms with Crippen molar-refractivity contribution in [2.45, 2.75) is 16.2 Å². The van der Waals surface area contributed by atoms with Gasteiger partial charge in [0.05, 0.1) is 15.4 Å². The Hall–Kier alpha value is -3.53. The van der Waals surface area contributed by atoms with Gasteiger partial charge in [0.1, 0.15) is 0 Å². The zero-order chi connectivity index (χ0) is 21.7. The fraction of sp³-hybridized carbons (Fsp3) is 0.0500. The van der Waals surface area contributed by atoms with E-state index in [-0.39, 0.29) is 11.3 Å². The second-order valence-corrected chi connectivity index (χ2v) is 6.90. The maximum atomic E-state index is 12.8. The number of allylic oxidation sites excluding steroid dienone is 1. The molecular formula is C20H12F3N3O3S. The van der Waals surface area contributed by atoms with Gasteiger partial charge < -0.3 is 0 Å². The number of nitro groups is 1. The quantitative estimate of drug-likeness (QED) is 0.170. The molecule has 2 aromatic carbocycles. The molecule has 0 spiro atoms. The van der Waals surface area contributed by atoms with Gasteiger partial charge in [-0.1, -0.05) is 24.3 Å². The highest BCUT2D eigenvalue weighted by molar-refractivity contribution is 7.99. The van der Waals surface area contributed by atoms with Gasteiger partial charge in [-0.3, -0.25) is 14.9 Å². The number of rotatable bonds is 6. The Labute approximate surface area is 172 Å². The third-order valence-corrected chi connectivity index (χ3v) is 4.78. The van der Waals surface area contributed by atoms with E-state index in [9.17, 15) is 28.1 Å². The average molecular weight is 431 g/mol. The molecule has 0 saturated carbocycles. The first kappa shape index (κ1) is 21.2. The SMILES string of the molecule is O=C(/C=C/c1ccc(Sc2ncccn2)c([N+](=O)[O-])c1)c1cccc(C(F)(F)F)c1. The van der Waals surface area contributed by atoms with Crippen molar-refractivity contribution in [3.63, 3.8) is 0 Å². The standard InChI is InChI=1S/C20H12F3N3O3S/c21-20(22,23)15-4-1-3-14(12-15)17(27)7-5-13-6-8-18(16(11-13)26(28)29)30-19-24-9-2-10-25-19/h1-12H/b7-5+. The van der Waals surface area contributed by atoms with E-state index in [2.05, 4.69) is 9.97 Å². The number of hydrogen-bond donors (Lipinski definition) is 0. The van der Waals surface area contributed by atoms with Crippen molar-refractivity contribution in [3.05, 3.63) is 93.8 Å². The number of benzene rings is 2. The summed E-state index contributed by atoms with van der Waals surface area (Å²) in [5.41, 5.74) is -0.924. The molecule has 0 aliphatic heterocycles. The van der Waals surface area contributed by atoms with Crippen LogP contribution in [0, 0.1) is 10.1 Å². The molecule has 0 unspecified atom stereocenters. The van der Waals surface area contributed by atoms with Gasteiger partial charge in [-0.05, 0) is 47.7 Å². The normalized spacial score (nSPS) is 11.6. The Morgan fingerprint density at radius 2 is 1.80 bits per heavy atom. The Kier molecular flexibility index (Phi) is 6.26. The van der Waals surface area contributed by atoms with Crippen LogP contribution in [0.5, 0.6) is 0 Å². The zero-order valence-electron chi connectivity index (χ0n) is 15.0. The Morgan fingerprint density at radius 1 is 1.07 bits per heavy atom. The fourth-order valence-electron chi connectivity index (χ4n) is 2.42. The lowest BCUT2D eigenvalue weighted by molar-refractivity contribution is -0.387. The zero-order valence-corrected chi connectivity index (χ0v) is 15.9. The summed E-state index contributed by atoms with van der Waals surface area (Å²) >= 11 is 1.01. The van der Waals surface area contributed by atoms with E-state index in [0.717, 1.165) is 36.0 Å². The Bertz CT molecular complexity index is 1120. The number of nitro benzene ring substituents is 1. The topological polar surface area (TPSA) is 86.0 Å². The van der Waals surface area contributed by atoms with Crippen LogP contribution in [-0.4, -0.2) is 20.7 Å². The third kappa shape index (κ3) is 5.29. The minimum atomic E-state index is -4.56. The van der Waals surface area contributed by atoms with Gasteiger partial charge in [0.15, 0.2) is 10.9 Å². The number of hydrogen-bond acceptors (Lipinski definition) is 6. The molecular weight excluding hydrogens is 419 g/mol. The number of aromatic nitrogens is 2. The molecule has 3 rings (SSSR count). The van der Waals surface area contributed by atoms with Crippen LogP contribution in [-0.2, 0) is 6.18 Å². The fourth-order valence-corrected chi connectivity index (χ4v) is 3.22. The Morgan fingerprint density at radius 3 is 2.47 bits per heavy atom. The maximum Gasteiger partial charge on any atom is 0.416 e. The maximum absolute atomic E-state index is 12.8. The average Bonchev–Trinajstić information content (AvgIpc) is 2.73. The lowest BCUT2D eigenvalue weighted by Gasteiger charge is -2.07. The van der Waals surface area contributed by atoms with E-state index in [4.69, 9.17) is 0 Å². The molecule has 0 saturated heterocycles. The molecule has 0 radical (unpaired) electrons. The number of ketones is 1. The van der Waals surface area contributed by atoms with Crippen molar-refractivity contribution in [2.24, 2.45) is 0 Å². The molecule has 0 fully saturated rings. The number of carbonyl (C=O) groups is 1. The molecule has 6 nitrogen and oxygen atoms in total. The van der Waals surface area contributed by atoms with E-state index in [1.54, 1.807) is 12.1 Å². The highest BCUT2D eigenvalue weighted by atomic mass is 32.2. The molecule has 1 heterocycles. The summed E-state index contributed by atoms with van der Waals surface area (Å²) < 4.78 is 38.4. The van der Waals surface area contributed by atoms with Crippen LogP contribution in [0.4, 0.5) is 18.9 Å². The first-order valence-electron chi connectivity index (χ1n) is 8.37. The van der Waals surface area contributed by atoms with Gasteiger partial charge in [0, 0.05) is 24.0 Å².